The molecule has 0 spiro atoms. The summed E-state index contributed by atoms with van der Waals surface area (Å²) < 4.78 is 5.45. The monoisotopic (exact) mass is 372 g/mol. The number of benzene rings is 1. The molecule has 1 unspecified atom stereocenters. The third-order valence-electron chi connectivity index (χ3n) is 5.08. The lowest BCUT2D eigenvalue weighted by atomic mass is 9.95. The smallest absolute Gasteiger partial charge is 0.410 e. The van der Waals surface area contributed by atoms with Crippen molar-refractivity contribution in [2.45, 2.75) is 64.5 Å². The van der Waals surface area contributed by atoms with Gasteiger partial charge in [0.2, 0.25) is 5.91 Å². The molecular weight excluding hydrogens is 344 g/mol. The van der Waals surface area contributed by atoms with Crippen molar-refractivity contribution in [1.82, 2.24) is 4.90 Å². The number of Topliss-reactive ketones (excluding diaryl/α,β-unsaturated/α-hetero) is 1. The summed E-state index contributed by atoms with van der Waals surface area (Å²) in [6.45, 7) is 8.20. The first-order valence-electron chi connectivity index (χ1n) is 9.57. The van der Waals surface area contributed by atoms with Crippen LogP contribution in [0, 0.1) is 0 Å². The summed E-state index contributed by atoms with van der Waals surface area (Å²) in [5, 5.41) is 0. The van der Waals surface area contributed by atoms with Crippen LogP contribution < -0.4 is 4.90 Å². The molecule has 1 saturated heterocycles. The Morgan fingerprint density at radius 1 is 1.15 bits per heavy atom. The molecule has 2 aliphatic heterocycles. The van der Waals surface area contributed by atoms with E-state index in [0.29, 0.717) is 25.9 Å². The summed E-state index contributed by atoms with van der Waals surface area (Å²) in [5.74, 6) is -0.366. The van der Waals surface area contributed by atoms with E-state index >= 15 is 0 Å². The van der Waals surface area contributed by atoms with E-state index in [1.807, 2.05) is 49.9 Å². The molecule has 2 amide bonds. The van der Waals surface area contributed by atoms with Crippen LogP contribution in [0.4, 0.5) is 10.5 Å². The summed E-state index contributed by atoms with van der Waals surface area (Å²) in [4.78, 5) is 40.5. The van der Waals surface area contributed by atoms with Crippen LogP contribution in [0.2, 0.25) is 0 Å². The molecule has 27 heavy (non-hydrogen) atoms. The van der Waals surface area contributed by atoms with Gasteiger partial charge >= 0.3 is 6.09 Å². The number of rotatable bonds is 3. The maximum absolute atomic E-state index is 13.1. The van der Waals surface area contributed by atoms with Crippen molar-refractivity contribution in [2.24, 2.45) is 0 Å². The molecule has 0 aromatic heterocycles. The highest BCUT2D eigenvalue weighted by Crippen LogP contribution is 2.41. The number of ether oxygens (including phenoxy) is 1. The first kappa shape index (κ1) is 19.4. The molecule has 1 aromatic carbocycles. The number of hydrogen-bond donors (Lipinski definition) is 0. The van der Waals surface area contributed by atoms with Crippen LogP contribution in [-0.4, -0.2) is 47.4 Å². The lowest BCUT2D eigenvalue weighted by molar-refractivity contribution is -0.124. The molecule has 2 aliphatic rings. The van der Waals surface area contributed by atoms with E-state index in [2.05, 4.69) is 0 Å². The number of anilines is 1. The van der Waals surface area contributed by atoms with Gasteiger partial charge in [-0.15, -0.1) is 0 Å². The predicted molar refractivity (Wildman–Crippen MR) is 103 cm³/mol. The highest BCUT2D eigenvalue weighted by molar-refractivity contribution is 6.07. The van der Waals surface area contributed by atoms with Gasteiger partial charge in [0.25, 0.3) is 0 Å². The van der Waals surface area contributed by atoms with Gasteiger partial charge in [0, 0.05) is 31.2 Å². The third-order valence-corrected chi connectivity index (χ3v) is 5.08. The largest absolute Gasteiger partial charge is 0.444 e. The summed E-state index contributed by atoms with van der Waals surface area (Å²) >= 11 is 0. The fourth-order valence-electron chi connectivity index (χ4n) is 3.92. The molecule has 6 nitrogen and oxygen atoms in total. The van der Waals surface area contributed by atoms with Crippen molar-refractivity contribution in [2.75, 3.05) is 18.0 Å². The molecule has 0 saturated carbocycles. The average molecular weight is 372 g/mol. The molecule has 0 radical (unpaired) electrons. The van der Waals surface area contributed by atoms with Crippen molar-refractivity contribution in [3.63, 3.8) is 0 Å². The van der Waals surface area contributed by atoms with Crippen LogP contribution in [0.15, 0.2) is 24.3 Å². The van der Waals surface area contributed by atoms with Crippen molar-refractivity contribution < 1.29 is 19.1 Å². The normalized spacial score (nSPS) is 20.6. The molecular formula is C21H28N2O4. The molecule has 0 aliphatic carbocycles. The highest BCUT2D eigenvalue weighted by Gasteiger charge is 2.42. The van der Waals surface area contributed by atoms with E-state index < -0.39 is 5.60 Å². The van der Waals surface area contributed by atoms with E-state index in [9.17, 15) is 14.4 Å². The first-order chi connectivity index (χ1) is 12.7. The number of likely N-dealkylation sites (tertiary alicyclic amines) is 1. The fraction of sp³-hybridized carbons (Fsp3) is 0.571. The predicted octanol–water partition coefficient (Wildman–Crippen LogP) is 3.50. The molecule has 146 valence electrons. The first-order valence-corrected chi connectivity index (χ1v) is 9.57. The molecule has 6 heteroatoms. The Hall–Kier alpha value is -2.37. The molecule has 2 heterocycles. The summed E-state index contributed by atoms with van der Waals surface area (Å²) in [6.07, 6.45) is 1.34. The van der Waals surface area contributed by atoms with Crippen LogP contribution in [0.1, 0.15) is 58.4 Å². The maximum Gasteiger partial charge on any atom is 0.410 e. The fourth-order valence-corrected chi connectivity index (χ4v) is 3.92. The van der Waals surface area contributed by atoms with Crippen LogP contribution in [-0.2, 0) is 14.3 Å². The zero-order valence-corrected chi connectivity index (χ0v) is 16.5. The number of nitrogens with zero attached hydrogens (tertiary/aromatic N) is 2. The van der Waals surface area contributed by atoms with Crippen LogP contribution in [0.5, 0.6) is 0 Å². The van der Waals surface area contributed by atoms with E-state index in [0.717, 1.165) is 11.3 Å². The topological polar surface area (TPSA) is 66.9 Å². The van der Waals surface area contributed by atoms with Crippen molar-refractivity contribution in [3.05, 3.63) is 29.8 Å². The average Bonchev–Trinajstić information content (AvgIpc) is 2.85. The van der Waals surface area contributed by atoms with Crippen molar-refractivity contribution in [3.8, 4) is 0 Å². The summed E-state index contributed by atoms with van der Waals surface area (Å²) in [5.41, 5.74) is 1.33. The quantitative estimate of drug-likeness (QED) is 0.814. The van der Waals surface area contributed by atoms with Crippen LogP contribution >= 0.6 is 0 Å². The second-order valence-electron chi connectivity index (χ2n) is 8.42. The van der Waals surface area contributed by atoms with E-state index in [4.69, 9.17) is 4.74 Å². The second-order valence-corrected chi connectivity index (χ2v) is 8.42. The molecule has 1 atom stereocenters. The Kier molecular flexibility index (Phi) is 5.27. The van der Waals surface area contributed by atoms with Crippen LogP contribution in [0.25, 0.3) is 0 Å². The second kappa shape index (κ2) is 7.33. The van der Waals surface area contributed by atoms with Gasteiger partial charge in [-0.05, 0) is 52.2 Å². The molecule has 1 aromatic rings. The Morgan fingerprint density at radius 2 is 1.78 bits per heavy atom. The number of piperidine rings is 1. The van der Waals surface area contributed by atoms with Gasteiger partial charge < -0.3 is 14.5 Å². The lowest BCUT2D eigenvalue weighted by Gasteiger charge is -2.37. The summed E-state index contributed by atoms with van der Waals surface area (Å²) in [6, 6.07) is 7.76. The lowest BCUT2D eigenvalue weighted by Crippen LogP contribution is -2.49. The molecule has 3 rings (SSSR count). The number of fused-ring (bicyclic) bond motifs is 1. The van der Waals surface area contributed by atoms with Gasteiger partial charge in [-0.25, -0.2) is 4.79 Å². The SMILES string of the molecule is CC(=O)CC1C(=O)N(C2CCN(C(=O)OC(C)(C)C)CC2)c2ccccc21. The number of carbonyl (C=O) groups is 3. The molecule has 0 bridgehead atoms. The number of hydrogen-bond acceptors (Lipinski definition) is 4. The summed E-state index contributed by atoms with van der Waals surface area (Å²) in [7, 11) is 0. The Balaban J connectivity index is 1.72. The van der Waals surface area contributed by atoms with E-state index in [1.54, 1.807) is 4.90 Å². The maximum atomic E-state index is 13.1. The Bertz CT molecular complexity index is 745. The molecule has 0 N–H and O–H groups in total. The standard InChI is InChI=1S/C21H28N2O4/c1-14(24)13-17-16-7-5-6-8-18(16)23(19(17)25)15-9-11-22(12-10-15)20(26)27-21(2,3)4/h5-8,15,17H,9-13H2,1-4H3. The zero-order valence-electron chi connectivity index (χ0n) is 16.5. The number of ketones is 1. The van der Waals surface area contributed by atoms with Gasteiger partial charge in [0.1, 0.15) is 11.4 Å². The number of carbonyl (C=O) groups excluding carboxylic acids is 3. The Labute approximate surface area is 160 Å². The van der Waals surface area contributed by atoms with Crippen LogP contribution in [0.3, 0.4) is 0 Å². The highest BCUT2D eigenvalue weighted by atomic mass is 16.6. The van der Waals surface area contributed by atoms with Gasteiger partial charge in [-0.1, -0.05) is 18.2 Å². The Morgan fingerprint density at radius 3 is 2.37 bits per heavy atom. The minimum atomic E-state index is -0.516. The van der Waals surface area contributed by atoms with Gasteiger partial charge in [0.05, 0.1) is 5.92 Å². The van der Waals surface area contributed by atoms with Gasteiger partial charge in [-0.2, -0.15) is 0 Å². The van der Waals surface area contributed by atoms with Crippen molar-refractivity contribution in [1.29, 1.82) is 0 Å². The third kappa shape index (κ3) is 4.15. The minimum absolute atomic E-state index is 0.00196. The van der Waals surface area contributed by atoms with Crippen molar-refractivity contribution >= 4 is 23.5 Å². The number of amides is 2. The number of para-hydroxylation sites is 1. The minimum Gasteiger partial charge on any atom is -0.444 e. The van der Waals surface area contributed by atoms with Gasteiger partial charge in [-0.3, -0.25) is 9.59 Å². The van der Waals surface area contributed by atoms with E-state index in [1.165, 1.54) is 6.92 Å². The van der Waals surface area contributed by atoms with E-state index in [-0.39, 0.29) is 36.2 Å². The van der Waals surface area contributed by atoms with Gasteiger partial charge in [0.15, 0.2) is 0 Å². The zero-order chi connectivity index (χ0) is 19.8. The molecule has 1 fully saturated rings.